The van der Waals surface area contributed by atoms with Gasteiger partial charge in [0.05, 0.1) is 11.4 Å². The van der Waals surface area contributed by atoms with Gasteiger partial charge in [0, 0.05) is 23.3 Å². The fraction of sp³-hybridized carbons (Fsp3) is 0.364. The lowest BCUT2D eigenvalue weighted by Crippen LogP contribution is -2.61. The summed E-state index contributed by atoms with van der Waals surface area (Å²) in [6.07, 6.45) is 3.99. The fourth-order valence-electron chi connectivity index (χ4n) is 5.06. The maximum absolute atomic E-state index is 13.8. The quantitative estimate of drug-likeness (QED) is 0.722. The van der Waals surface area contributed by atoms with E-state index < -0.39 is 5.41 Å². The molecule has 1 amide bonds. The number of anilines is 2. The third kappa shape index (κ3) is 2.36. The molecule has 1 fully saturated rings. The van der Waals surface area contributed by atoms with Crippen LogP contribution in [0.1, 0.15) is 31.7 Å². The van der Waals surface area contributed by atoms with Gasteiger partial charge in [0.1, 0.15) is 5.41 Å². The van der Waals surface area contributed by atoms with E-state index >= 15 is 0 Å². The molecular weight excluding hydrogens is 358 g/mol. The summed E-state index contributed by atoms with van der Waals surface area (Å²) < 4.78 is 0. The van der Waals surface area contributed by atoms with E-state index in [1.165, 1.54) is 11.3 Å². The summed E-state index contributed by atoms with van der Waals surface area (Å²) in [6, 6.07) is 16.0. The Hall–Kier alpha value is -2.33. The van der Waals surface area contributed by atoms with E-state index in [0.29, 0.717) is 6.42 Å². The number of amides is 1. The SMILES string of the molecule is CC1=NN(c2ccccc2)C(=O)C12Cc1ccc(Cl)cc1N1CCCCC12. The highest BCUT2D eigenvalue weighted by molar-refractivity contribution is 6.31. The number of hydrogen-bond donors (Lipinski definition) is 0. The second kappa shape index (κ2) is 6.10. The molecule has 5 rings (SSSR count). The smallest absolute Gasteiger partial charge is 0.261 e. The zero-order chi connectivity index (χ0) is 18.6. The molecule has 3 heterocycles. The normalized spacial score (nSPS) is 26.8. The van der Waals surface area contributed by atoms with Crippen LogP contribution in [0.15, 0.2) is 53.6 Å². The van der Waals surface area contributed by atoms with Gasteiger partial charge >= 0.3 is 0 Å². The molecule has 0 bridgehead atoms. The molecule has 2 aromatic carbocycles. The molecular formula is C22H22ClN3O. The topological polar surface area (TPSA) is 35.9 Å². The first-order chi connectivity index (χ1) is 13.1. The molecule has 0 radical (unpaired) electrons. The zero-order valence-corrected chi connectivity index (χ0v) is 16.1. The highest BCUT2D eigenvalue weighted by atomic mass is 35.5. The van der Waals surface area contributed by atoms with E-state index in [2.05, 4.69) is 17.0 Å². The molecule has 0 aromatic heterocycles. The molecule has 2 atom stereocenters. The standard InChI is InChI=1S/C22H22ClN3O/c1-15-22(21(27)26(24-15)18-7-3-2-4-8-18)14-16-10-11-17(23)13-19(16)25-12-6-5-9-20(22)25/h2-4,7-8,10-11,13,20H,5-6,9,12,14H2,1H3. The number of fused-ring (bicyclic) bond motifs is 4. The Bertz CT molecular complexity index is 942. The minimum atomic E-state index is -0.586. The number of hydrazone groups is 1. The zero-order valence-electron chi connectivity index (χ0n) is 15.4. The van der Waals surface area contributed by atoms with Crippen LogP contribution < -0.4 is 9.91 Å². The van der Waals surface area contributed by atoms with Crippen LogP contribution in [0.2, 0.25) is 5.02 Å². The van der Waals surface area contributed by atoms with Crippen LogP contribution in [-0.2, 0) is 11.2 Å². The van der Waals surface area contributed by atoms with Crippen molar-refractivity contribution >= 4 is 34.6 Å². The van der Waals surface area contributed by atoms with Crippen molar-refractivity contribution < 1.29 is 4.79 Å². The van der Waals surface area contributed by atoms with Crippen LogP contribution in [0.4, 0.5) is 11.4 Å². The van der Waals surface area contributed by atoms with Crippen LogP contribution in [0.3, 0.4) is 0 Å². The van der Waals surface area contributed by atoms with Crippen LogP contribution in [0, 0.1) is 5.41 Å². The van der Waals surface area contributed by atoms with Gasteiger partial charge in [0.25, 0.3) is 5.91 Å². The van der Waals surface area contributed by atoms with Crippen LogP contribution in [0.5, 0.6) is 0 Å². The van der Waals surface area contributed by atoms with Crippen LogP contribution >= 0.6 is 11.6 Å². The number of piperidine rings is 1. The highest BCUT2D eigenvalue weighted by Gasteiger charge is 2.59. The monoisotopic (exact) mass is 379 g/mol. The predicted octanol–water partition coefficient (Wildman–Crippen LogP) is 4.66. The molecule has 4 nitrogen and oxygen atoms in total. The number of halogens is 1. The van der Waals surface area contributed by atoms with Crippen molar-refractivity contribution in [3.63, 3.8) is 0 Å². The predicted molar refractivity (Wildman–Crippen MR) is 110 cm³/mol. The Kier molecular flexibility index (Phi) is 3.80. The molecule has 3 aliphatic heterocycles. The fourth-order valence-corrected chi connectivity index (χ4v) is 5.23. The van der Waals surface area contributed by atoms with E-state index in [1.807, 2.05) is 43.3 Å². The lowest BCUT2D eigenvalue weighted by Gasteiger charge is -2.51. The first kappa shape index (κ1) is 16.8. The molecule has 3 aliphatic rings. The van der Waals surface area contributed by atoms with Crippen molar-refractivity contribution in [3.8, 4) is 0 Å². The van der Waals surface area contributed by atoms with Crippen molar-refractivity contribution in [3.05, 3.63) is 59.1 Å². The van der Waals surface area contributed by atoms with Gasteiger partial charge in [-0.15, -0.1) is 0 Å². The van der Waals surface area contributed by atoms with Gasteiger partial charge < -0.3 is 4.90 Å². The number of rotatable bonds is 1. The lowest BCUT2D eigenvalue weighted by molar-refractivity contribution is -0.125. The number of carbonyl (C=O) groups excluding carboxylic acids is 1. The molecule has 2 aromatic rings. The summed E-state index contributed by atoms with van der Waals surface area (Å²) in [7, 11) is 0. The summed E-state index contributed by atoms with van der Waals surface area (Å²) in [4.78, 5) is 16.2. The second-order valence-corrected chi connectivity index (χ2v) is 8.20. The summed E-state index contributed by atoms with van der Waals surface area (Å²) in [5, 5.41) is 7.11. The van der Waals surface area contributed by atoms with Crippen molar-refractivity contribution in [2.45, 2.75) is 38.6 Å². The van der Waals surface area contributed by atoms with Crippen molar-refractivity contribution in [1.82, 2.24) is 0 Å². The molecule has 0 N–H and O–H groups in total. The van der Waals surface area contributed by atoms with Gasteiger partial charge in [0.15, 0.2) is 0 Å². The third-order valence-electron chi connectivity index (χ3n) is 6.37. The molecule has 5 heteroatoms. The number of para-hydroxylation sites is 1. The largest absolute Gasteiger partial charge is 0.367 e. The number of nitrogens with zero attached hydrogens (tertiary/aromatic N) is 3. The second-order valence-electron chi connectivity index (χ2n) is 7.76. The molecule has 0 saturated carbocycles. The molecule has 1 spiro atoms. The van der Waals surface area contributed by atoms with Gasteiger partial charge in [-0.05, 0) is 62.4 Å². The van der Waals surface area contributed by atoms with Crippen molar-refractivity contribution in [2.24, 2.45) is 10.5 Å². The molecule has 27 heavy (non-hydrogen) atoms. The summed E-state index contributed by atoms with van der Waals surface area (Å²) >= 11 is 6.29. The van der Waals surface area contributed by atoms with Gasteiger partial charge in [-0.1, -0.05) is 35.9 Å². The Labute approximate surface area is 164 Å². The first-order valence-corrected chi connectivity index (χ1v) is 9.99. The van der Waals surface area contributed by atoms with Crippen molar-refractivity contribution in [2.75, 3.05) is 16.5 Å². The molecule has 2 unspecified atom stereocenters. The third-order valence-corrected chi connectivity index (χ3v) is 6.60. The molecule has 1 saturated heterocycles. The Morgan fingerprint density at radius 1 is 1.15 bits per heavy atom. The average Bonchev–Trinajstić information content (AvgIpc) is 2.95. The van der Waals surface area contributed by atoms with Crippen molar-refractivity contribution in [1.29, 1.82) is 0 Å². The average molecular weight is 380 g/mol. The number of carbonyl (C=O) groups is 1. The van der Waals surface area contributed by atoms with Gasteiger partial charge in [0.2, 0.25) is 0 Å². The Morgan fingerprint density at radius 3 is 2.78 bits per heavy atom. The lowest BCUT2D eigenvalue weighted by atomic mass is 9.66. The Balaban J connectivity index is 1.64. The van der Waals surface area contributed by atoms with E-state index in [9.17, 15) is 4.79 Å². The van der Waals surface area contributed by atoms with E-state index in [-0.39, 0.29) is 11.9 Å². The van der Waals surface area contributed by atoms with E-state index in [1.54, 1.807) is 5.01 Å². The first-order valence-electron chi connectivity index (χ1n) is 9.61. The molecule has 138 valence electrons. The minimum absolute atomic E-state index is 0.101. The van der Waals surface area contributed by atoms with Gasteiger partial charge in [-0.3, -0.25) is 4.79 Å². The number of hydrogen-bond acceptors (Lipinski definition) is 3. The van der Waals surface area contributed by atoms with Crippen LogP contribution in [0.25, 0.3) is 0 Å². The van der Waals surface area contributed by atoms with E-state index in [4.69, 9.17) is 16.7 Å². The summed E-state index contributed by atoms with van der Waals surface area (Å²) in [5.74, 6) is 0.101. The maximum atomic E-state index is 13.8. The highest BCUT2D eigenvalue weighted by Crippen LogP contribution is 2.50. The van der Waals surface area contributed by atoms with E-state index in [0.717, 1.165) is 42.2 Å². The van der Waals surface area contributed by atoms with Gasteiger partial charge in [-0.2, -0.15) is 10.1 Å². The van der Waals surface area contributed by atoms with Crippen LogP contribution in [-0.4, -0.2) is 24.2 Å². The summed E-state index contributed by atoms with van der Waals surface area (Å²) in [5.41, 5.74) is 3.56. The minimum Gasteiger partial charge on any atom is -0.367 e. The van der Waals surface area contributed by atoms with Gasteiger partial charge in [-0.25, -0.2) is 0 Å². The maximum Gasteiger partial charge on any atom is 0.261 e. The molecule has 0 aliphatic carbocycles. The number of benzene rings is 2. The summed E-state index contributed by atoms with van der Waals surface area (Å²) in [6.45, 7) is 2.99. The Morgan fingerprint density at radius 2 is 1.96 bits per heavy atom.